The average molecular weight is 477 g/mol. The predicted octanol–water partition coefficient (Wildman–Crippen LogP) is 6.77. The fraction of sp³-hybridized carbons (Fsp3) is 0. The minimum Gasteiger partial charge on any atom is -0.457 e. The van der Waals surface area contributed by atoms with Crippen molar-refractivity contribution in [2.75, 3.05) is 4.90 Å². The molecule has 2 heterocycles. The van der Waals surface area contributed by atoms with Crippen LogP contribution in [0.3, 0.4) is 0 Å². The molecule has 0 N–H and O–H groups in total. The second-order valence-electron chi connectivity index (χ2n) is 5.71. The second kappa shape index (κ2) is 7.64. The molecule has 1 aromatic heterocycles. The van der Waals surface area contributed by atoms with E-state index in [9.17, 15) is 4.79 Å². The molecule has 3 aromatic rings. The van der Waals surface area contributed by atoms with Gasteiger partial charge in [-0.3, -0.25) is 9.69 Å². The fourth-order valence-electron chi connectivity index (χ4n) is 2.63. The third kappa shape index (κ3) is 3.89. The highest BCUT2D eigenvalue weighted by molar-refractivity contribution is 9.10. The number of carbonyl (C=O) groups excluding carboxylic acids is 1. The number of hydrogen-bond acceptors (Lipinski definition) is 4. The summed E-state index contributed by atoms with van der Waals surface area (Å²) < 4.78 is 7.24. The molecular weight excluding hydrogens is 466 g/mol. The highest BCUT2D eigenvalue weighted by Crippen LogP contribution is 2.37. The first-order chi connectivity index (χ1) is 13.0. The molecule has 1 aliphatic heterocycles. The third-order valence-corrected chi connectivity index (χ3v) is 5.94. The number of rotatable bonds is 3. The van der Waals surface area contributed by atoms with E-state index in [2.05, 4.69) is 15.9 Å². The molecule has 0 spiro atoms. The van der Waals surface area contributed by atoms with Gasteiger partial charge >= 0.3 is 0 Å². The Kier molecular flexibility index (Phi) is 5.23. The molecular formula is C20H11BrClNO2S2. The van der Waals surface area contributed by atoms with E-state index in [1.165, 1.54) is 16.7 Å². The van der Waals surface area contributed by atoms with Gasteiger partial charge in [-0.15, -0.1) is 0 Å². The van der Waals surface area contributed by atoms with Crippen molar-refractivity contribution < 1.29 is 9.21 Å². The van der Waals surface area contributed by atoms with E-state index in [4.69, 9.17) is 28.2 Å². The van der Waals surface area contributed by atoms with Crippen molar-refractivity contribution >= 4 is 73.5 Å². The number of nitrogens with zero attached hydrogens (tertiary/aromatic N) is 1. The minimum absolute atomic E-state index is 0.160. The van der Waals surface area contributed by atoms with E-state index >= 15 is 0 Å². The Labute approximate surface area is 179 Å². The normalized spacial score (nSPS) is 15.8. The van der Waals surface area contributed by atoms with E-state index in [1.807, 2.05) is 60.7 Å². The average Bonchev–Trinajstić information content (AvgIpc) is 3.21. The Bertz CT molecular complexity index is 1080. The molecule has 1 amide bonds. The molecule has 7 heteroatoms. The molecule has 4 rings (SSSR count). The lowest BCUT2D eigenvalue weighted by atomic mass is 10.2. The van der Waals surface area contributed by atoms with Gasteiger partial charge in [-0.1, -0.05) is 57.6 Å². The molecule has 1 aliphatic rings. The van der Waals surface area contributed by atoms with Crippen LogP contribution in [-0.2, 0) is 4.79 Å². The van der Waals surface area contributed by atoms with Gasteiger partial charge in [0.05, 0.1) is 10.6 Å². The van der Waals surface area contributed by atoms with Crippen LogP contribution in [0.25, 0.3) is 17.4 Å². The number of carbonyl (C=O) groups is 1. The lowest BCUT2D eigenvalue weighted by Crippen LogP contribution is -2.27. The van der Waals surface area contributed by atoms with E-state index < -0.39 is 0 Å². The molecule has 1 fully saturated rings. The Morgan fingerprint density at radius 3 is 2.63 bits per heavy atom. The van der Waals surface area contributed by atoms with Gasteiger partial charge < -0.3 is 4.42 Å². The summed E-state index contributed by atoms with van der Waals surface area (Å²) in [5, 5.41) is 0.668. The molecule has 2 aromatic carbocycles. The van der Waals surface area contributed by atoms with Crippen LogP contribution in [0, 0.1) is 0 Å². The van der Waals surface area contributed by atoms with Crippen molar-refractivity contribution in [1.29, 1.82) is 0 Å². The maximum absolute atomic E-state index is 12.8. The standard InChI is InChI=1S/C20H11BrClNO2S2/c21-13-2-1-3-15(10-13)23-19(24)18(27-20(23)26)11-16-8-9-17(25-16)12-4-6-14(22)7-5-12/h1-11H/b18-11-. The first-order valence-electron chi connectivity index (χ1n) is 7.90. The van der Waals surface area contributed by atoms with Crippen LogP contribution in [0.4, 0.5) is 5.69 Å². The van der Waals surface area contributed by atoms with Crippen LogP contribution < -0.4 is 4.90 Å². The van der Waals surface area contributed by atoms with Crippen LogP contribution in [0.1, 0.15) is 5.76 Å². The maximum atomic E-state index is 12.8. The largest absolute Gasteiger partial charge is 0.457 e. The Hall–Kier alpha value is -1.86. The first-order valence-corrected chi connectivity index (χ1v) is 10.3. The molecule has 1 saturated heterocycles. The number of halogens is 2. The van der Waals surface area contributed by atoms with E-state index in [0.29, 0.717) is 25.8 Å². The number of anilines is 1. The lowest BCUT2D eigenvalue weighted by molar-refractivity contribution is -0.113. The number of thiocarbonyl (C=S) groups is 1. The van der Waals surface area contributed by atoms with E-state index in [1.54, 1.807) is 6.08 Å². The molecule has 0 atom stereocenters. The van der Waals surface area contributed by atoms with Crippen molar-refractivity contribution in [1.82, 2.24) is 0 Å². The second-order valence-corrected chi connectivity index (χ2v) is 8.73. The SMILES string of the molecule is O=C1/C(=C/c2ccc(-c3ccc(Cl)cc3)o2)SC(=S)N1c1cccc(Br)c1. The molecule has 0 aliphatic carbocycles. The maximum Gasteiger partial charge on any atom is 0.270 e. The van der Waals surface area contributed by atoms with Crippen LogP contribution in [0.2, 0.25) is 5.02 Å². The number of amides is 1. The monoisotopic (exact) mass is 475 g/mol. The van der Waals surface area contributed by atoms with Gasteiger partial charge in [-0.25, -0.2) is 0 Å². The summed E-state index contributed by atoms with van der Waals surface area (Å²) in [6, 6.07) is 18.6. The van der Waals surface area contributed by atoms with Gasteiger partial charge in [-0.2, -0.15) is 0 Å². The molecule has 134 valence electrons. The van der Waals surface area contributed by atoms with Crippen molar-refractivity contribution in [3.05, 3.63) is 80.8 Å². The zero-order valence-electron chi connectivity index (χ0n) is 13.7. The zero-order chi connectivity index (χ0) is 19.0. The van der Waals surface area contributed by atoms with Crippen molar-refractivity contribution in [2.45, 2.75) is 0 Å². The van der Waals surface area contributed by atoms with Crippen LogP contribution >= 0.6 is 51.5 Å². The Morgan fingerprint density at radius 2 is 1.89 bits per heavy atom. The predicted molar refractivity (Wildman–Crippen MR) is 119 cm³/mol. The summed E-state index contributed by atoms with van der Waals surface area (Å²) in [4.78, 5) is 14.9. The van der Waals surface area contributed by atoms with Crippen LogP contribution in [0.15, 0.2) is 74.5 Å². The number of furan rings is 1. The molecule has 3 nitrogen and oxygen atoms in total. The smallest absolute Gasteiger partial charge is 0.270 e. The van der Waals surface area contributed by atoms with Crippen molar-refractivity contribution in [3.63, 3.8) is 0 Å². The summed E-state index contributed by atoms with van der Waals surface area (Å²) in [5.74, 6) is 1.14. The van der Waals surface area contributed by atoms with Crippen LogP contribution in [0.5, 0.6) is 0 Å². The molecule has 27 heavy (non-hydrogen) atoms. The van der Waals surface area contributed by atoms with E-state index in [-0.39, 0.29) is 5.91 Å². The molecule has 0 saturated carbocycles. The summed E-state index contributed by atoms with van der Waals surface area (Å²) in [7, 11) is 0. The van der Waals surface area contributed by atoms with Crippen molar-refractivity contribution in [2.24, 2.45) is 0 Å². The highest BCUT2D eigenvalue weighted by Gasteiger charge is 2.33. The van der Waals surface area contributed by atoms with Gasteiger partial charge in [-0.05, 0) is 54.6 Å². The topological polar surface area (TPSA) is 33.5 Å². The summed E-state index contributed by atoms with van der Waals surface area (Å²) in [5.41, 5.74) is 1.65. The number of thioether (sulfide) groups is 1. The van der Waals surface area contributed by atoms with Gasteiger partial charge in [0.2, 0.25) is 0 Å². The van der Waals surface area contributed by atoms with Crippen LogP contribution in [-0.4, -0.2) is 10.2 Å². The summed E-state index contributed by atoms with van der Waals surface area (Å²) in [6.45, 7) is 0. The fourth-order valence-corrected chi connectivity index (χ4v) is 4.43. The Morgan fingerprint density at radius 1 is 1.11 bits per heavy atom. The minimum atomic E-state index is -0.160. The third-order valence-electron chi connectivity index (χ3n) is 3.89. The highest BCUT2D eigenvalue weighted by atomic mass is 79.9. The Balaban J connectivity index is 1.61. The molecule has 0 bridgehead atoms. The van der Waals surface area contributed by atoms with Crippen molar-refractivity contribution in [3.8, 4) is 11.3 Å². The van der Waals surface area contributed by atoms with E-state index in [0.717, 1.165) is 15.7 Å². The number of benzene rings is 2. The first kappa shape index (κ1) is 18.5. The summed E-state index contributed by atoms with van der Waals surface area (Å²) in [6.07, 6.45) is 1.72. The van der Waals surface area contributed by atoms with Gasteiger partial charge in [0.1, 0.15) is 11.5 Å². The molecule has 0 unspecified atom stereocenters. The molecule has 0 radical (unpaired) electrons. The lowest BCUT2D eigenvalue weighted by Gasteiger charge is -2.14. The zero-order valence-corrected chi connectivity index (χ0v) is 17.7. The summed E-state index contributed by atoms with van der Waals surface area (Å²) >= 11 is 16.0. The van der Waals surface area contributed by atoms with Gasteiger partial charge in [0.25, 0.3) is 5.91 Å². The quantitative estimate of drug-likeness (QED) is 0.308. The number of hydrogen-bond donors (Lipinski definition) is 0. The van der Waals surface area contributed by atoms with Gasteiger partial charge in [0.15, 0.2) is 4.32 Å². The van der Waals surface area contributed by atoms with Gasteiger partial charge in [0, 0.05) is 21.1 Å².